The monoisotopic (exact) mass is 488 g/mol. The van der Waals surface area contributed by atoms with Crippen molar-refractivity contribution < 1.29 is 33.0 Å². The Hall–Kier alpha value is -1.09. The van der Waals surface area contributed by atoms with Crippen molar-refractivity contribution in [1.29, 1.82) is 0 Å². The third kappa shape index (κ3) is 14.8. The van der Waals surface area contributed by atoms with Gasteiger partial charge in [-0.15, -0.1) is 25.7 Å². The second-order valence-electron chi connectivity index (χ2n) is 7.72. The molecule has 4 aliphatic carbocycles. The van der Waals surface area contributed by atoms with Gasteiger partial charge in [0.2, 0.25) is 0 Å². The van der Waals surface area contributed by atoms with Crippen LogP contribution in [0.5, 0.6) is 0 Å². The van der Waals surface area contributed by atoms with Crippen molar-refractivity contribution in [1.82, 2.24) is 0 Å². The zero-order valence-corrected chi connectivity index (χ0v) is 21.2. The fourth-order valence-electron chi connectivity index (χ4n) is 2.67. The van der Waals surface area contributed by atoms with E-state index in [9.17, 15) is 0 Å². The first-order valence-corrected chi connectivity index (χ1v) is 10.4. The van der Waals surface area contributed by atoms with Gasteiger partial charge >= 0.3 is 33.0 Å². The summed E-state index contributed by atoms with van der Waals surface area (Å²) < 4.78 is 0. The Morgan fingerprint density at radius 1 is 0.533 bits per heavy atom. The van der Waals surface area contributed by atoms with Crippen molar-refractivity contribution in [2.75, 3.05) is 0 Å². The number of hydrogen-bond acceptors (Lipinski definition) is 0. The molecule has 168 valence electrons. The van der Waals surface area contributed by atoms with Gasteiger partial charge in [-0.2, -0.15) is 24.3 Å². The SMILES string of the molecule is CC(C)C1=[C-]CC=C1.CC(C)C1=[C-]CC=C1.CC1=[C-]CC=C1.CC1=[C-]CC=C1.[Ni+2].[Ni+2]. The molecule has 0 heterocycles. The maximum absolute atomic E-state index is 3.26. The van der Waals surface area contributed by atoms with Gasteiger partial charge in [0.15, 0.2) is 0 Å². The van der Waals surface area contributed by atoms with E-state index >= 15 is 0 Å². The van der Waals surface area contributed by atoms with E-state index < -0.39 is 0 Å². The Balaban J connectivity index is 0. The zero-order chi connectivity index (χ0) is 20.8. The predicted octanol–water partition coefficient (Wildman–Crippen LogP) is 8.05. The van der Waals surface area contributed by atoms with Gasteiger partial charge in [0, 0.05) is 0 Å². The van der Waals surface area contributed by atoms with Crippen LogP contribution in [0.2, 0.25) is 0 Å². The number of hydrogen-bond donors (Lipinski definition) is 0. The van der Waals surface area contributed by atoms with E-state index in [4.69, 9.17) is 0 Å². The molecule has 0 unspecified atom stereocenters. The average Bonchev–Trinajstić information content (AvgIpc) is 3.45. The fourth-order valence-corrected chi connectivity index (χ4v) is 2.67. The average molecular weight is 490 g/mol. The molecular formula is C28H36Ni2. The summed E-state index contributed by atoms with van der Waals surface area (Å²) in [6, 6.07) is 0. The van der Waals surface area contributed by atoms with Crippen LogP contribution in [0.4, 0.5) is 0 Å². The summed E-state index contributed by atoms with van der Waals surface area (Å²) in [6.07, 6.45) is 33.8. The summed E-state index contributed by atoms with van der Waals surface area (Å²) in [7, 11) is 0. The summed E-state index contributed by atoms with van der Waals surface area (Å²) >= 11 is 0. The van der Waals surface area contributed by atoms with E-state index in [1.807, 2.05) is 0 Å². The number of allylic oxidation sites excluding steroid dienone is 16. The fraction of sp³-hybridized carbons (Fsp3) is 0.429. The van der Waals surface area contributed by atoms with Crippen LogP contribution in [0.3, 0.4) is 0 Å². The molecule has 0 radical (unpaired) electrons. The maximum Gasteiger partial charge on any atom is 2.00 e. The van der Waals surface area contributed by atoms with Gasteiger partial charge in [-0.3, -0.25) is 24.3 Å². The van der Waals surface area contributed by atoms with E-state index in [0.717, 1.165) is 25.7 Å². The minimum absolute atomic E-state index is 0. The van der Waals surface area contributed by atoms with Crippen LogP contribution in [0, 0.1) is 36.1 Å². The van der Waals surface area contributed by atoms with Crippen LogP contribution in [-0.2, 0) is 33.0 Å². The molecule has 0 aromatic rings. The minimum Gasteiger partial charge on any atom is -0.270 e. The molecule has 0 fully saturated rings. The van der Waals surface area contributed by atoms with Crippen molar-refractivity contribution in [3.63, 3.8) is 0 Å². The van der Waals surface area contributed by atoms with E-state index in [1.54, 1.807) is 0 Å². The number of rotatable bonds is 2. The van der Waals surface area contributed by atoms with Crippen molar-refractivity contribution >= 4 is 0 Å². The molecule has 30 heavy (non-hydrogen) atoms. The second-order valence-corrected chi connectivity index (χ2v) is 7.72. The Morgan fingerprint density at radius 2 is 0.833 bits per heavy atom. The van der Waals surface area contributed by atoms with Crippen molar-refractivity contribution in [3.05, 3.63) is 95.2 Å². The Labute approximate surface area is 206 Å². The summed E-state index contributed by atoms with van der Waals surface area (Å²) in [6.45, 7) is 12.9. The minimum atomic E-state index is 0. The summed E-state index contributed by atoms with van der Waals surface area (Å²) in [5.74, 6) is 1.32. The smallest absolute Gasteiger partial charge is 0.270 e. The van der Waals surface area contributed by atoms with Gasteiger partial charge in [-0.25, -0.2) is 46.6 Å². The Bertz CT molecular complexity index is 637. The quantitative estimate of drug-likeness (QED) is 0.272. The van der Waals surface area contributed by atoms with Gasteiger partial charge in [-0.1, -0.05) is 53.4 Å². The molecule has 0 aromatic carbocycles. The summed E-state index contributed by atoms with van der Waals surface area (Å²) in [5.41, 5.74) is 5.28. The van der Waals surface area contributed by atoms with Crippen LogP contribution in [-0.4, -0.2) is 0 Å². The second kappa shape index (κ2) is 18.7. The van der Waals surface area contributed by atoms with E-state index in [0.29, 0.717) is 11.8 Å². The molecule has 0 bridgehead atoms. The molecule has 0 atom stereocenters. The van der Waals surface area contributed by atoms with Gasteiger partial charge in [-0.05, 0) is 0 Å². The topological polar surface area (TPSA) is 0 Å². The van der Waals surface area contributed by atoms with Crippen molar-refractivity contribution in [2.24, 2.45) is 11.8 Å². The molecule has 0 N–H and O–H groups in total. The molecular weight excluding hydrogens is 454 g/mol. The van der Waals surface area contributed by atoms with Crippen LogP contribution >= 0.6 is 0 Å². The van der Waals surface area contributed by atoms with Crippen LogP contribution in [0.25, 0.3) is 0 Å². The molecule has 2 heteroatoms. The van der Waals surface area contributed by atoms with Crippen LogP contribution in [0.15, 0.2) is 70.9 Å². The van der Waals surface area contributed by atoms with E-state index in [-0.39, 0.29) is 33.0 Å². The summed E-state index contributed by atoms with van der Waals surface area (Å²) in [4.78, 5) is 0. The van der Waals surface area contributed by atoms with Crippen LogP contribution < -0.4 is 0 Å². The zero-order valence-electron chi connectivity index (χ0n) is 19.2. The molecule has 4 rings (SSSR count). The molecule has 0 saturated carbocycles. The normalized spacial score (nSPS) is 16.8. The van der Waals surface area contributed by atoms with E-state index in [2.05, 4.69) is 114 Å². The molecule has 4 aliphatic rings. The van der Waals surface area contributed by atoms with Gasteiger partial charge < -0.3 is 0 Å². The van der Waals surface area contributed by atoms with E-state index in [1.165, 1.54) is 22.3 Å². The van der Waals surface area contributed by atoms with Gasteiger partial charge in [0.1, 0.15) is 0 Å². The first-order valence-electron chi connectivity index (χ1n) is 10.4. The van der Waals surface area contributed by atoms with Gasteiger partial charge in [0.25, 0.3) is 0 Å². The first-order chi connectivity index (χ1) is 13.4. The molecule has 0 nitrogen and oxygen atoms in total. The standard InChI is InChI=1S/2C8H11.2C6H7.2Ni/c2*1-7(2)8-5-3-4-6-8;2*1-6-4-2-3-5-6;;/h2*3,5,7H,4H2,1-2H3;2*2,4H,3H2,1H3;;/q4*-1;2*+2. The largest absolute Gasteiger partial charge is 2.00 e. The molecule has 0 aliphatic heterocycles. The molecule has 0 amide bonds. The maximum atomic E-state index is 3.26. The summed E-state index contributed by atoms with van der Waals surface area (Å²) in [5, 5.41) is 0. The Morgan fingerprint density at radius 3 is 0.933 bits per heavy atom. The van der Waals surface area contributed by atoms with Crippen molar-refractivity contribution in [2.45, 2.75) is 67.2 Å². The molecule has 0 saturated heterocycles. The molecule has 0 spiro atoms. The third-order valence-corrected chi connectivity index (χ3v) is 4.42. The first kappa shape index (κ1) is 31.1. The third-order valence-electron chi connectivity index (χ3n) is 4.42. The Kier molecular flexibility index (Phi) is 19.3. The van der Waals surface area contributed by atoms with Gasteiger partial charge in [0.05, 0.1) is 0 Å². The predicted molar refractivity (Wildman–Crippen MR) is 123 cm³/mol. The van der Waals surface area contributed by atoms with Crippen molar-refractivity contribution in [3.8, 4) is 0 Å². The van der Waals surface area contributed by atoms with Crippen LogP contribution in [0.1, 0.15) is 67.2 Å². The molecule has 0 aromatic heterocycles.